The van der Waals surface area contributed by atoms with E-state index in [1.165, 1.54) is 0 Å². The first-order valence-corrected chi connectivity index (χ1v) is 10.4. The van der Waals surface area contributed by atoms with Crippen LogP contribution in [0.4, 0.5) is 0 Å². The number of ether oxygens (including phenoxy) is 1. The van der Waals surface area contributed by atoms with Crippen LogP contribution in [0.2, 0.25) is 0 Å². The number of nitrogens with zero attached hydrogens (tertiary/aromatic N) is 2. The Kier molecular flexibility index (Phi) is 6.24. The summed E-state index contributed by atoms with van der Waals surface area (Å²) in [6, 6.07) is 7.75. The number of amides is 2. The van der Waals surface area contributed by atoms with Crippen LogP contribution in [-0.4, -0.2) is 59.7 Å². The average Bonchev–Trinajstić information content (AvgIpc) is 3.01. The molecule has 0 aromatic heterocycles. The van der Waals surface area contributed by atoms with Crippen molar-refractivity contribution in [3.05, 3.63) is 35.4 Å². The Labute approximate surface area is 160 Å². The number of hydrogen-bond acceptors (Lipinski definition) is 4. The first kappa shape index (κ1) is 19.2. The van der Waals surface area contributed by atoms with Gasteiger partial charge in [0.25, 0.3) is 0 Å². The molecular weight excluding hydrogens is 348 g/mol. The first-order chi connectivity index (χ1) is 12.5. The predicted molar refractivity (Wildman–Crippen MR) is 104 cm³/mol. The highest BCUT2D eigenvalue weighted by molar-refractivity contribution is 8.00. The third-order valence-electron chi connectivity index (χ3n) is 5.00. The van der Waals surface area contributed by atoms with E-state index in [-0.39, 0.29) is 17.2 Å². The third kappa shape index (κ3) is 4.07. The van der Waals surface area contributed by atoms with E-state index in [0.717, 1.165) is 11.1 Å². The van der Waals surface area contributed by atoms with E-state index in [1.54, 1.807) is 11.8 Å². The van der Waals surface area contributed by atoms with E-state index in [1.807, 2.05) is 21.9 Å². The molecule has 2 amide bonds. The number of benzene rings is 1. The van der Waals surface area contributed by atoms with Crippen molar-refractivity contribution in [1.29, 1.82) is 0 Å². The van der Waals surface area contributed by atoms with Crippen molar-refractivity contribution < 1.29 is 14.3 Å². The molecule has 1 aromatic carbocycles. The Morgan fingerprint density at radius 1 is 1.27 bits per heavy atom. The summed E-state index contributed by atoms with van der Waals surface area (Å²) in [5.74, 6) is 0.900. The largest absolute Gasteiger partial charge is 0.378 e. The normalized spacial score (nSPS) is 22.2. The Hall–Kier alpha value is -1.53. The first-order valence-electron chi connectivity index (χ1n) is 9.34. The lowest BCUT2D eigenvalue weighted by Gasteiger charge is -2.37. The molecule has 2 fully saturated rings. The van der Waals surface area contributed by atoms with Gasteiger partial charge in [-0.2, -0.15) is 0 Å². The smallest absolute Gasteiger partial charge is 0.245 e. The molecule has 0 spiro atoms. The van der Waals surface area contributed by atoms with Gasteiger partial charge in [-0.3, -0.25) is 9.59 Å². The van der Waals surface area contributed by atoms with Crippen LogP contribution in [0.1, 0.15) is 36.8 Å². The fourth-order valence-electron chi connectivity index (χ4n) is 3.65. The zero-order valence-electron chi connectivity index (χ0n) is 15.8. The maximum atomic E-state index is 13.3. The van der Waals surface area contributed by atoms with Crippen molar-refractivity contribution in [2.45, 2.75) is 38.6 Å². The molecule has 0 unspecified atom stereocenters. The van der Waals surface area contributed by atoms with Crippen LogP contribution < -0.4 is 0 Å². The van der Waals surface area contributed by atoms with Gasteiger partial charge in [-0.25, -0.2) is 0 Å². The van der Waals surface area contributed by atoms with Crippen LogP contribution in [0.5, 0.6) is 0 Å². The van der Waals surface area contributed by atoms with Crippen molar-refractivity contribution in [3.63, 3.8) is 0 Å². The number of aryl methyl sites for hydroxylation is 1. The molecular formula is C20H28N2O3S. The van der Waals surface area contributed by atoms with Crippen LogP contribution in [0.25, 0.3) is 0 Å². The standard InChI is InChI=1S/C20H28N2O3S/c1-14(2)12-17(19(24)21-8-10-25-11-9-21)22-18(23)13-26-20(22)16-7-5-4-6-15(16)3/h4-7,14,17,20H,8-13H2,1-3H3/t17-,20+/m1/s1. The van der Waals surface area contributed by atoms with Gasteiger partial charge in [-0.15, -0.1) is 11.8 Å². The molecule has 0 saturated carbocycles. The molecule has 0 radical (unpaired) electrons. The van der Waals surface area contributed by atoms with Gasteiger partial charge in [-0.1, -0.05) is 38.1 Å². The maximum absolute atomic E-state index is 13.3. The highest BCUT2D eigenvalue weighted by atomic mass is 32.2. The minimum absolute atomic E-state index is 0.0653. The molecule has 2 aliphatic heterocycles. The van der Waals surface area contributed by atoms with Gasteiger partial charge >= 0.3 is 0 Å². The Morgan fingerprint density at radius 3 is 2.62 bits per heavy atom. The topological polar surface area (TPSA) is 49.9 Å². The zero-order valence-corrected chi connectivity index (χ0v) is 16.6. The fraction of sp³-hybridized carbons (Fsp3) is 0.600. The fourth-order valence-corrected chi connectivity index (χ4v) is 4.97. The van der Waals surface area contributed by atoms with Gasteiger partial charge in [0.05, 0.1) is 19.0 Å². The average molecular weight is 377 g/mol. The van der Waals surface area contributed by atoms with Crippen molar-refractivity contribution >= 4 is 23.6 Å². The summed E-state index contributed by atoms with van der Waals surface area (Å²) in [7, 11) is 0. The van der Waals surface area contributed by atoms with E-state index in [9.17, 15) is 9.59 Å². The third-order valence-corrected chi connectivity index (χ3v) is 6.21. The molecule has 1 aromatic rings. The highest BCUT2D eigenvalue weighted by Crippen LogP contribution is 2.42. The molecule has 0 N–H and O–H groups in total. The highest BCUT2D eigenvalue weighted by Gasteiger charge is 2.42. The second-order valence-electron chi connectivity index (χ2n) is 7.40. The van der Waals surface area contributed by atoms with E-state index in [4.69, 9.17) is 4.74 Å². The number of thioether (sulfide) groups is 1. The van der Waals surface area contributed by atoms with Crippen molar-refractivity contribution in [2.24, 2.45) is 5.92 Å². The summed E-state index contributed by atoms with van der Waals surface area (Å²) in [6.45, 7) is 8.65. The summed E-state index contributed by atoms with van der Waals surface area (Å²) in [5.41, 5.74) is 2.29. The van der Waals surface area contributed by atoms with E-state index in [0.29, 0.717) is 44.4 Å². The molecule has 2 atom stereocenters. The molecule has 26 heavy (non-hydrogen) atoms. The van der Waals surface area contributed by atoms with Gasteiger partial charge in [0.1, 0.15) is 11.4 Å². The molecule has 5 nitrogen and oxygen atoms in total. The zero-order chi connectivity index (χ0) is 18.7. The van der Waals surface area contributed by atoms with Crippen molar-refractivity contribution in [2.75, 3.05) is 32.1 Å². The summed E-state index contributed by atoms with van der Waals surface area (Å²) in [5, 5.41) is -0.0857. The van der Waals surface area contributed by atoms with E-state index in [2.05, 4.69) is 32.9 Å². The summed E-state index contributed by atoms with van der Waals surface area (Å²) in [6.07, 6.45) is 0.685. The monoisotopic (exact) mass is 376 g/mol. The molecule has 0 aliphatic carbocycles. The number of hydrogen-bond donors (Lipinski definition) is 0. The molecule has 2 aliphatic rings. The Balaban J connectivity index is 1.91. The predicted octanol–water partition coefficient (Wildman–Crippen LogP) is 2.84. The lowest BCUT2D eigenvalue weighted by Crippen LogP contribution is -2.53. The van der Waals surface area contributed by atoms with E-state index >= 15 is 0 Å². The number of carbonyl (C=O) groups excluding carboxylic acids is 2. The Morgan fingerprint density at radius 2 is 1.96 bits per heavy atom. The lowest BCUT2D eigenvalue weighted by atomic mass is 9.99. The lowest BCUT2D eigenvalue weighted by molar-refractivity contribution is -0.148. The summed E-state index contributed by atoms with van der Waals surface area (Å²) >= 11 is 1.63. The molecule has 2 heterocycles. The van der Waals surface area contributed by atoms with Crippen LogP contribution in [-0.2, 0) is 14.3 Å². The quantitative estimate of drug-likeness (QED) is 0.793. The maximum Gasteiger partial charge on any atom is 0.245 e. The SMILES string of the molecule is Cc1ccccc1[C@@H]1SCC(=O)N1[C@H](CC(C)C)C(=O)N1CCOCC1. The van der Waals surface area contributed by atoms with Gasteiger partial charge in [-0.05, 0) is 30.4 Å². The second-order valence-corrected chi connectivity index (χ2v) is 8.47. The molecule has 142 valence electrons. The minimum atomic E-state index is -0.403. The number of carbonyl (C=O) groups is 2. The number of rotatable bonds is 5. The van der Waals surface area contributed by atoms with E-state index < -0.39 is 6.04 Å². The Bertz CT molecular complexity index is 658. The summed E-state index contributed by atoms with van der Waals surface area (Å²) < 4.78 is 5.38. The van der Waals surface area contributed by atoms with Crippen molar-refractivity contribution in [3.8, 4) is 0 Å². The van der Waals surface area contributed by atoms with Crippen LogP contribution >= 0.6 is 11.8 Å². The van der Waals surface area contributed by atoms with Crippen molar-refractivity contribution in [1.82, 2.24) is 9.80 Å². The van der Waals surface area contributed by atoms with Crippen LogP contribution in [0, 0.1) is 12.8 Å². The van der Waals surface area contributed by atoms with Crippen LogP contribution in [0.15, 0.2) is 24.3 Å². The second kappa shape index (κ2) is 8.44. The summed E-state index contributed by atoms with van der Waals surface area (Å²) in [4.78, 5) is 29.8. The molecule has 3 rings (SSSR count). The van der Waals surface area contributed by atoms with Gasteiger partial charge < -0.3 is 14.5 Å². The number of morpholine rings is 1. The van der Waals surface area contributed by atoms with Gasteiger partial charge in [0.15, 0.2) is 0 Å². The molecule has 2 saturated heterocycles. The van der Waals surface area contributed by atoms with Crippen LogP contribution in [0.3, 0.4) is 0 Å². The minimum Gasteiger partial charge on any atom is -0.378 e. The van der Waals surface area contributed by atoms with Gasteiger partial charge in [0.2, 0.25) is 11.8 Å². The molecule has 6 heteroatoms. The molecule has 0 bridgehead atoms. The van der Waals surface area contributed by atoms with Gasteiger partial charge in [0, 0.05) is 13.1 Å².